The summed E-state index contributed by atoms with van der Waals surface area (Å²) < 4.78 is 37.0. The fraction of sp³-hybridized carbons (Fsp3) is 0.294. The van der Waals surface area contributed by atoms with Crippen LogP contribution in [-0.4, -0.2) is 25.4 Å². The van der Waals surface area contributed by atoms with Crippen molar-refractivity contribution < 1.29 is 23.4 Å². The van der Waals surface area contributed by atoms with Gasteiger partial charge in [-0.25, -0.2) is 8.78 Å². The Morgan fingerprint density at radius 1 is 1.09 bits per heavy atom. The van der Waals surface area contributed by atoms with Gasteiger partial charge in [0.15, 0.2) is 0 Å². The lowest BCUT2D eigenvalue weighted by atomic mass is 10.1. The maximum atomic E-state index is 13.5. The molecule has 3 nitrogen and oxygen atoms in total. The zero-order valence-electron chi connectivity index (χ0n) is 12.3. The predicted octanol–water partition coefficient (Wildman–Crippen LogP) is 3.27. The van der Waals surface area contributed by atoms with Crippen LogP contribution in [-0.2, 0) is 11.2 Å². The number of rotatable bonds is 7. The fourth-order valence-electron chi connectivity index (χ4n) is 2.01. The maximum absolute atomic E-state index is 13.5. The highest BCUT2D eigenvalue weighted by Crippen LogP contribution is 2.20. The lowest BCUT2D eigenvalue weighted by molar-refractivity contribution is 0.104. The molecule has 0 aromatic heterocycles. The van der Waals surface area contributed by atoms with Crippen molar-refractivity contribution in [2.24, 2.45) is 0 Å². The monoisotopic (exact) mass is 308 g/mol. The number of halogens is 2. The molecule has 0 saturated carbocycles. The third-order valence-electron chi connectivity index (χ3n) is 3.24. The van der Waals surface area contributed by atoms with Crippen molar-refractivity contribution in [3.8, 4) is 5.75 Å². The van der Waals surface area contributed by atoms with E-state index in [1.807, 2.05) is 12.1 Å². The first kappa shape index (κ1) is 16.4. The minimum Gasteiger partial charge on any atom is -0.491 e. The summed E-state index contributed by atoms with van der Waals surface area (Å²) in [5, 5.41) is 9.91. The number of ether oxygens (including phenoxy) is 2. The third-order valence-corrected chi connectivity index (χ3v) is 3.24. The van der Waals surface area contributed by atoms with Gasteiger partial charge in [-0.1, -0.05) is 12.1 Å². The molecule has 0 spiro atoms. The Balaban J connectivity index is 1.93. The first-order valence-corrected chi connectivity index (χ1v) is 6.94. The van der Waals surface area contributed by atoms with Gasteiger partial charge in [0.25, 0.3) is 0 Å². The third kappa shape index (κ3) is 4.51. The van der Waals surface area contributed by atoms with E-state index in [1.165, 1.54) is 0 Å². The molecule has 1 atom stereocenters. The number of hydrogen-bond acceptors (Lipinski definition) is 3. The van der Waals surface area contributed by atoms with Crippen LogP contribution in [0.4, 0.5) is 8.78 Å². The van der Waals surface area contributed by atoms with Crippen molar-refractivity contribution in [3.05, 3.63) is 65.2 Å². The van der Waals surface area contributed by atoms with Crippen LogP contribution >= 0.6 is 0 Å². The van der Waals surface area contributed by atoms with E-state index in [1.54, 1.807) is 19.2 Å². The molecule has 1 unspecified atom stereocenters. The van der Waals surface area contributed by atoms with Gasteiger partial charge in [0, 0.05) is 12.7 Å². The normalized spacial score (nSPS) is 12.2. The lowest BCUT2D eigenvalue weighted by Gasteiger charge is -2.14. The standard InChI is InChI=1S/C17H18F2O3/c1-21-9-8-12-2-5-14(6-3-12)22-11-17(20)15-10-13(18)4-7-16(15)19/h2-7,10,17,20H,8-9,11H2,1H3. The van der Waals surface area contributed by atoms with E-state index in [9.17, 15) is 13.9 Å². The second-order valence-corrected chi connectivity index (χ2v) is 4.88. The molecule has 2 aromatic rings. The second kappa shape index (κ2) is 7.87. The molecule has 2 aromatic carbocycles. The summed E-state index contributed by atoms with van der Waals surface area (Å²) in [5.74, 6) is -0.706. The van der Waals surface area contributed by atoms with Gasteiger partial charge in [-0.05, 0) is 42.3 Å². The first-order chi connectivity index (χ1) is 10.6. The van der Waals surface area contributed by atoms with E-state index in [0.717, 1.165) is 30.2 Å². The van der Waals surface area contributed by atoms with Gasteiger partial charge in [0.05, 0.1) is 6.61 Å². The highest BCUT2D eigenvalue weighted by Gasteiger charge is 2.14. The van der Waals surface area contributed by atoms with Crippen molar-refractivity contribution in [2.45, 2.75) is 12.5 Å². The highest BCUT2D eigenvalue weighted by atomic mass is 19.1. The van der Waals surface area contributed by atoms with Crippen molar-refractivity contribution in [1.82, 2.24) is 0 Å². The van der Waals surface area contributed by atoms with E-state index >= 15 is 0 Å². The van der Waals surface area contributed by atoms with Gasteiger partial charge in [0.1, 0.15) is 30.1 Å². The molecule has 0 radical (unpaired) electrons. The molecule has 118 valence electrons. The minimum atomic E-state index is -1.23. The van der Waals surface area contributed by atoms with Crippen molar-refractivity contribution in [1.29, 1.82) is 0 Å². The van der Waals surface area contributed by atoms with Crippen molar-refractivity contribution in [2.75, 3.05) is 20.3 Å². The molecule has 5 heteroatoms. The Labute approximate surface area is 128 Å². The molecule has 0 aliphatic rings. The Morgan fingerprint density at radius 3 is 2.50 bits per heavy atom. The summed E-state index contributed by atoms with van der Waals surface area (Å²) in [6, 6.07) is 10.3. The Hall–Kier alpha value is -1.98. The first-order valence-electron chi connectivity index (χ1n) is 6.94. The van der Waals surface area contributed by atoms with Gasteiger partial charge in [-0.2, -0.15) is 0 Å². The molecule has 0 fully saturated rings. The summed E-state index contributed by atoms with van der Waals surface area (Å²) in [5.41, 5.74) is 0.989. The van der Waals surface area contributed by atoms with Crippen LogP contribution in [0.2, 0.25) is 0 Å². The number of aliphatic hydroxyl groups excluding tert-OH is 1. The molecular weight excluding hydrogens is 290 g/mol. The van der Waals surface area contributed by atoms with Gasteiger partial charge < -0.3 is 14.6 Å². The van der Waals surface area contributed by atoms with Crippen LogP contribution in [0.15, 0.2) is 42.5 Å². The Kier molecular flexibility index (Phi) is 5.86. The van der Waals surface area contributed by atoms with Gasteiger partial charge in [0.2, 0.25) is 0 Å². The average molecular weight is 308 g/mol. The Bertz CT molecular complexity index is 599. The van der Waals surface area contributed by atoms with Crippen molar-refractivity contribution >= 4 is 0 Å². The number of methoxy groups -OCH3 is 1. The zero-order valence-corrected chi connectivity index (χ0v) is 12.3. The molecule has 0 heterocycles. The molecule has 0 amide bonds. The van der Waals surface area contributed by atoms with Crippen LogP contribution < -0.4 is 4.74 Å². The van der Waals surface area contributed by atoms with Gasteiger partial charge in [-0.3, -0.25) is 0 Å². The van der Waals surface area contributed by atoms with E-state index < -0.39 is 17.7 Å². The van der Waals surface area contributed by atoms with E-state index in [0.29, 0.717) is 12.4 Å². The minimum absolute atomic E-state index is 0.114. The summed E-state index contributed by atoms with van der Waals surface area (Å²) >= 11 is 0. The fourth-order valence-corrected chi connectivity index (χ4v) is 2.01. The SMILES string of the molecule is COCCc1ccc(OCC(O)c2cc(F)ccc2F)cc1. The number of aliphatic hydroxyl groups is 1. The maximum Gasteiger partial charge on any atom is 0.129 e. The molecule has 1 N–H and O–H groups in total. The van der Waals surface area contributed by atoms with Crippen LogP contribution in [0.5, 0.6) is 5.75 Å². The molecule has 0 aliphatic heterocycles. The quantitative estimate of drug-likeness (QED) is 0.853. The van der Waals surface area contributed by atoms with Gasteiger partial charge >= 0.3 is 0 Å². The molecular formula is C17H18F2O3. The second-order valence-electron chi connectivity index (χ2n) is 4.88. The largest absolute Gasteiger partial charge is 0.491 e. The molecule has 0 saturated heterocycles. The number of hydrogen-bond donors (Lipinski definition) is 1. The van der Waals surface area contributed by atoms with E-state index in [2.05, 4.69) is 0 Å². The predicted molar refractivity (Wildman–Crippen MR) is 78.8 cm³/mol. The van der Waals surface area contributed by atoms with Crippen molar-refractivity contribution in [3.63, 3.8) is 0 Å². The summed E-state index contributed by atoms with van der Waals surface area (Å²) in [7, 11) is 1.64. The van der Waals surface area contributed by atoms with Crippen LogP contribution in [0.25, 0.3) is 0 Å². The molecule has 2 rings (SSSR count). The van der Waals surface area contributed by atoms with Crippen LogP contribution in [0, 0.1) is 11.6 Å². The van der Waals surface area contributed by atoms with Crippen LogP contribution in [0.1, 0.15) is 17.2 Å². The summed E-state index contributed by atoms with van der Waals surface area (Å²) in [4.78, 5) is 0. The Morgan fingerprint density at radius 2 is 1.82 bits per heavy atom. The van der Waals surface area contributed by atoms with Gasteiger partial charge in [-0.15, -0.1) is 0 Å². The number of benzene rings is 2. The molecule has 0 aliphatic carbocycles. The van der Waals surface area contributed by atoms with Crippen LogP contribution in [0.3, 0.4) is 0 Å². The van der Waals surface area contributed by atoms with E-state index in [4.69, 9.17) is 9.47 Å². The molecule has 22 heavy (non-hydrogen) atoms. The van der Waals surface area contributed by atoms with E-state index in [-0.39, 0.29) is 12.2 Å². The zero-order chi connectivity index (χ0) is 15.9. The summed E-state index contributed by atoms with van der Waals surface area (Å²) in [6.45, 7) is 0.482. The average Bonchev–Trinajstić information content (AvgIpc) is 2.54. The summed E-state index contributed by atoms with van der Waals surface area (Å²) in [6.07, 6.45) is -0.433. The topological polar surface area (TPSA) is 38.7 Å². The molecule has 0 bridgehead atoms. The lowest BCUT2D eigenvalue weighted by Crippen LogP contribution is -2.11. The highest BCUT2D eigenvalue weighted by molar-refractivity contribution is 5.28. The smallest absolute Gasteiger partial charge is 0.129 e.